The monoisotopic (exact) mass is 315 g/mol. The topological polar surface area (TPSA) is 71.1 Å². The summed E-state index contributed by atoms with van der Waals surface area (Å²) in [5.41, 5.74) is 0.821. The summed E-state index contributed by atoms with van der Waals surface area (Å²) in [5, 5.41) is 5.58. The first-order valence-electron chi connectivity index (χ1n) is 5.88. The predicted octanol–water partition coefficient (Wildman–Crippen LogP) is 1.84. The number of anilines is 1. The third kappa shape index (κ3) is 3.75. The number of hydrogen-bond acceptors (Lipinski definition) is 5. The van der Waals surface area contributed by atoms with E-state index in [9.17, 15) is 12.8 Å². The Hall–Kier alpha value is -1.51. The number of benzene rings is 1. The summed E-state index contributed by atoms with van der Waals surface area (Å²) in [5.74, 6) is -0.467. The highest BCUT2D eigenvalue weighted by Gasteiger charge is 2.13. The standard InChI is InChI=1S/C12H14FN3O2S2/c1-14-12-16-10(8-19-12)6-7-15-20(17,18)11-4-2-9(13)3-5-11/h2-5,8,15H,6-7H2,1H3,(H,14,16). The second-order valence-electron chi connectivity index (χ2n) is 4.00. The summed E-state index contributed by atoms with van der Waals surface area (Å²) in [6, 6.07) is 4.71. The summed E-state index contributed by atoms with van der Waals surface area (Å²) >= 11 is 1.46. The lowest BCUT2D eigenvalue weighted by Crippen LogP contribution is -2.26. The number of nitrogens with zero attached hydrogens (tertiary/aromatic N) is 1. The van der Waals surface area contributed by atoms with Crippen molar-refractivity contribution in [3.8, 4) is 0 Å². The maximum absolute atomic E-state index is 12.8. The van der Waals surface area contributed by atoms with Gasteiger partial charge in [0.2, 0.25) is 10.0 Å². The maximum atomic E-state index is 12.8. The summed E-state index contributed by atoms with van der Waals surface area (Å²) < 4.78 is 39.1. The van der Waals surface area contributed by atoms with Crippen molar-refractivity contribution in [1.82, 2.24) is 9.71 Å². The Bertz CT molecular complexity index is 668. The van der Waals surface area contributed by atoms with Crippen molar-refractivity contribution in [1.29, 1.82) is 0 Å². The minimum atomic E-state index is -3.60. The van der Waals surface area contributed by atoms with Gasteiger partial charge in [-0.25, -0.2) is 22.5 Å². The van der Waals surface area contributed by atoms with Gasteiger partial charge in [-0.15, -0.1) is 11.3 Å². The highest BCUT2D eigenvalue weighted by atomic mass is 32.2. The van der Waals surface area contributed by atoms with E-state index in [1.54, 1.807) is 7.05 Å². The van der Waals surface area contributed by atoms with E-state index in [1.165, 1.54) is 23.5 Å². The first kappa shape index (κ1) is 14.9. The molecule has 0 saturated heterocycles. The molecule has 1 heterocycles. The highest BCUT2D eigenvalue weighted by Crippen LogP contribution is 2.15. The largest absolute Gasteiger partial charge is 0.365 e. The molecule has 0 aliphatic rings. The third-order valence-electron chi connectivity index (χ3n) is 2.56. The van der Waals surface area contributed by atoms with E-state index in [0.29, 0.717) is 6.42 Å². The van der Waals surface area contributed by atoms with Crippen LogP contribution in [0, 0.1) is 5.82 Å². The molecule has 2 rings (SSSR count). The Kier molecular flexibility index (Phi) is 4.69. The van der Waals surface area contributed by atoms with E-state index in [0.717, 1.165) is 23.0 Å². The number of halogens is 1. The number of nitrogens with one attached hydrogen (secondary N) is 2. The molecule has 1 aromatic heterocycles. The summed E-state index contributed by atoms with van der Waals surface area (Å²) in [7, 11) is -1.82. The lowest BCUT2D eigenvalue weighted by Gasteiger charge is -2.05. The molecule has 0 saturated carbocycles. The summed E-state index contributed by atoms with van der Waals surface area (Å²) in [6.45, 7) is 0.243. The van der Waals surface area contributed by atoms with Crippen LogP contribution >= 0.6 is 11.3 Å². The molecule has 0 aliphatic carbocycles. The molecule has 20 heavy (non-hydrogen) atoms. The Morgan fingerprint density at radius 1 is 1.30 bits per heavy atom. The van der Waals surface area contributed by atoms with Crippen molar-refractivity contribution in [3.63, 3.8) is 0 Å². The van der Waals surface area contributed by atoms with Gasteiger partial charge in [-0.2, -0.15) is 0 Å². The zero-order chi connectivity index (χ0) is 14.6. The molecule has 8 heteroatoms. The minimum Gasteiger partial charge on any atom is -0.365 e. The summed E-state index contributed by atoms with van der Waals surface area (Å²) in [4.78, 5) is 4.30. The fourth-order valence-corrected chi connectivity index (χ4v) is 3.29. The normalized spacial score (nSPS) is 11.5. The lowest BCUT2D eigenvalue weighted by atomic mass is 10.3. The van der Waals surface area contributed by atoms with Crippen LogP contribution < -0.4 is 10.0 Å². The number of thiazole rings is 1. The SMILES string of the molecule is CNc1nc(CCNS(=O)(=O)c2ccc(F)cc2)cs1. The second kappa shape index (κ2) is 6.29. The second-order valence-corrected chi connectivity index (χ2v) is 6.62. The molecule has 2 aromatic rings. The summed E-state index contributed by atoms with van der Waals surface area (Å²) in [6.07, 6.45) is 0.499. The van der Waals surface area contributed by atoms with Crippen LogP contribution in [0.5, 0.6) is 0 Å². The van der Waals surface area contributed by atoms with E-state index in [-0.39, 0.29) is 11.4 Å². The van der Waals surface area contributed by atoms with E-state index in [4.69, 9.17) is 0 Å². The first-order chi connectivity index (χ1) is 9.51. The predicted molar refractivity (Wildman–Crippen MR) is 77.0 cm³/mol. The smallest absolute Gasteiger partial charge is 0.240 e. The van der Waals surface area contributed by atoms with Crippen LogP contribution in [0.2, 0.25) is 0 Å². The van der Waals surface area contributed by atoms with Gasteiger partial charge in [-0.05, 0) is 24.3 Å². The molecule has 0 atom stereocenters. The zero-order valence-electron chi connectivity index (χ0n) is 10.8. The van der Waals surface area contributed by atoms with Gasteiger partial charge in [-0.3, -0.25) is 0 Å². The molecule has 108 valence electrons. The van der Waals surface area contributed by atoms with Crippen molar-refractivity contribution < 1.29 is 12.8 Å². The molecular weight excluding hydrogens is 301 g/mol. The molecule has 0 bridgehead atoms. The fourth-order valence-electron chi connectivity index (χ4n) is 1.55. The van der Waals surface area contributed by atoms with Crippen molar-refractivity contribution in [3.05, 3.63) is 41.2 Å². The van der Waals surface area contributed by atoms with Crippen LogP contribution in [0.1, 0.15) is 5.69 Å². The van der Waals surface area contributed by atoms with Crippen LogP contribution in [0.15, 0.2) is 34.5 Å². The van der Waals surface area contributed by atoms with Crippen LogP contribution in [0.25, 0.3) is 0 Å². The Labute approximate surface area is 120 Å². The quantitative estimate of drug-likeness (QED) is 0.853. The van der Waals surface area contributed by atoms with Crippen molar-refractivity contribution in [2.45, 2.75) is 11.3 Å². The molecule has 0 radical (unpaired) electrons. The molecular formula is C12H14FN3O2S2. The average molecular weight is 315 g/mol. The molecule has 0 unspecified atom stereocenters. The van der Waals surface area contributed by atoms with Gasteiger partial charge in [0.05, 0.1) is 10.6 Å². The van der Waals surface area contributed by atoms with Gasteiger partial charge in [0.1, 0.15) is 5.82 Å². The van der Waals surface area contributed by atoms with Crippen LogP contribution in [-0.4, -0.2) is 27.0 Å². The third-order valence-corrected chi connectivity index (χ3v) is 4.95. The lowest BCUT2D eigenvalue weighted by molar-refractivity contribution is 0.580. The Morgan fingerprint density at radius 2 is 2.00 bits per heavy atom. The van der Waals surface area contributed by atoms with E-state index < -0.39 is 15.8 Å². The van der Waals surface area contributed by atoms with E-state index in [2.05, 4.69) is 15.0 Å². The van der Waals surface area contributed by atoms with Gasteiger partial charge >= 0.3 is 0 Å². The van der Waals surface area contributed by atoms with Crippen molar-refractivity contribution >= 4 is 26.5 Å². The molecule has 2 N–H and O–H groups in total. The Balaban J connectivity index is 1.94. The Morgan fingerprint density at radius 3 is 2.60 bits per heavy atom. The minimum absolute atomic E-state index is 0.0492. The van der Waals surface area contributed by atoms with Gasteiger partial charge < -0.3 is 5.32 Å². The van der Waals surface area contributed by atoms with Gasteiger partial charge in [0.15, 0.2) is 5.13 Å². The van der Waals surface area contributed by atoms with E-state index >= 15 is 0 Å². The van der Waals surface area contributed by atoms with Crippen molar-refractivity contribution in [2.24, 2.45) is 0 Å². The first-order valence-corrected chi connectivity index (χ1v) is 8.25. The number of aromatic nitrogens is 1. The van der Waals surface area contributed by atoms with E-state index in [1.807, 2.05) is 5.38 Å². The molecule has 1 aromatic carbocycles. The van der Waals surface area contributed by atoms with Crippen molar-refractivity contribution in [2.75, 3.05) is 18.9 Å². The molecule has 5 nitrogen and oxygen atoms in total. The van der Waals surface area contributed by atoms with Gasteiger partial charge in [-0.1, -0.05) is 0 Å². The van der Waals surface area contributed by atoms with Gasteiger partial charge in [0, 0.05) is 25.4 Å². The number of hydrogen-bond donors (Lipinski definition) is 2. The molecule has 0 amide bonds. The van der Waals surface area contributed by atoms with Crippen LogP contribution in [-0.2, 0) is 16.4 Å². The van der Waals surface area contributed by atoms with Crippen LogP contribution in [0.4, 0.5) is 9.52 Å². The fraction of sp³-hybridized carbons (Fsp3) is 0.250. The number of sulfonamides is 1. The molecule has 0 fully saturated rings. The molecule has 0 spiro atoms. The van der Waals surface area contributed by atoms with Crippen LogP contribution in [0.3, 0.4) is 0 Å². The van der Waals surface area contributed by atoms with Gasteiger partial charge in [0.25, 0.3) is 0 Å². The average Bonchev–Trinajstić information content (AvgIpc) is 2.87. The highest BCUT2D eigenvalue weighted by molar-refractivity contribution is 7.89. The number of rotatable bonds is 6. The molecule has 0 aliphatic heterocycles. The zero-order valence-corrected chi connectivity index (χ0v) is 12.4. The maximum Gasteiger partial charge on any atom is 0.240 e.